The van der Waals surface area contributed by atoms with Gasteiger partial charge in [-0.15, -0.1) is 6.04 Å². The molecule has 0 unspecified atom stereocenters. The molecule has 0 heterocycles. The molecule has 0 spiro atoms. The van der Waals surface area contributed by atoms with E-state index < -0.39 is 8.24 Å². The molecule has 1 fully saturated rings. The van der Waals surface area contributed by atoms with E-state index in [2.05, 4.69) is 36.2 Å². The zero-order valence-electron chi connectivity index (χ0n) is 11.8. The molecule has 1 nitrogen and oxygen atoms in total. The Morgan fingerprint density at radius 2 is 1.50 bits per heavy atom. The van der Waals surface area contributed by atoms with Crippen LogP contribution in [0.1, 0.15) is 39.5 Å². The fourth-order valence-corrected chi connectivity index (χ4v) is 5.77. The minimum absolute atomic E-state index is 0. The van der Waals surface area contributed by atoms with Crippen LogP contribution in [0.25, 0.3) is 4.98 Å². The monoisotopic (exact) mass is 297 g/mol. The molecule has 96 valence electrons. The summed E-state index contributed by atoms with van der Waals surface area (Å²) in [6.45, 7) is 9.29. The summed E-state index contributed by atoms with van der Waals surface area (Å²) in [5.41, 5.74) is 0.986. The van der Waals surface area contributed by atoms with Gasteiger partial charge in [-0.1, -0.05) is 66.4 Å². The van der Waals surface area contributed by atoms with Crippen LogP contribution in [0.4, 0.5) is 0 Å². The normalized spacial score (nSPS) is 16.0. The molecule has 1 aliphatic carbocycles. The first-order valence-corrected chi connectivity index (χ1v) is 10.6. The predicted molar refractivity (Wildman–Crippen MR) is 76.9 cm³/mol. The van der Waals surface area contributed by atoms with Crippen LogP contribution < -0.4 is 0 Å². The van der Waals surface area contributed by atoms with Crippen molar-refractivity contribution in [3.05, 3.63) is 19.8 Å². The Bertz CT molecular complexity index is 148. The van der Waals surface area contributed by atoms with E-state index in [4.69, 9.17) is 4.98 Å². The zero-order valence-corrected chi connectivity index (χ0v) is 15.1. The van der Waals surface area contributed by atoms with E-state index in [0.717, 1.165) is 5.54 Å². The Morgan fingerprint density at radius 3 is 1.81 bits per heavy atom. The number of nitrogens with zero attached hydrogens (tertiary/aromatic N) is 1. The SMILES string of the molecule is CC(C)[N-][Si](C)(C)C1CCCC1.[CH3-].[CH3-].[Cl][Ti+3]. The Morgan fingerprint density at radius 1 is 1.12 bits per heavy atom. The molecule has 4 heteroatoms. The molecule has 0 saturated heterocycles. The first kappa shape index (κ1) is 22.4. The molecule has 16 heavy (non-hydrogen) atoms. The van der Waals surface area contributed by atoms with Crippen LogP contribution in [-0.2, 0) is 19.4 Å². The molecule has 0 aromatic heterocycles. The molecule has 1 aliphatic rings. The van der Waals surface area contributed by atoms with Crippen molar-refractivity contribution in [2.24, 2.45) is 0 Å². The maximum absolute atomic E-state index is 4.93. The Balaban J connectivity index is -0.000000399. The second-order valence-electron chi connectivity index (χ2n) is 4.86. The van der Waals surface area contributed by atoms with Crippen molar-refractivity contribution in [1.82, 2.24) is 0 Å². The number of hydrogen-bond acceptors (Lipinski definition) is 0. The van der Waals surface area contributed by atoms with Gasteiger partial charge in [-0.25, -0.2) is 0 Å². The topological polar surface area (TPSA) is 14.1 Å². The fourth-order valence-electron chi connectivity index (χ4n) is 2.40. The van der Waals surface area contributed by atoms with Gasteiger partial charge in [0, 0.05) is 0 Å². The van der Waals surface area contributed by atoms with Gasteiger partial charge in [0.2, 0.25) is 0 Å². The molecule has 1 saturated carbocycles. The van der Waals surface area contributed by atoms with Crippen LogP contribution in [0.2, 0.25) is 18.6 Å². The van der Waals surface area contributed by atoms with Crippen molar-refractivity contribution < 1.29 is 19.4 Å². The average Bonchev–Trinajstić information content (AvgIpc) is 2.57. The van der Waals surface area contributed by atoms with E-state index >= 15 is 0 Å². The van der Waals surface area contributed by atoms with Crippen molar-refractivity contribution in [2.45, 2.75) is 64.2 Å². The first-order chi connectivity index (χ1) is 6.52. The first-order valence-electron chi connectivity index (χ1n) is 5.43. The standard InChI is InChI=1S/C10H22NSi.2CH3.ClH.Ti/c1-9(2)11-12(3,4)10-7-5-6-8-10;;;;/h9-10H,5-8H2,1-4H3;2*1H3;1H;/q3*-1;;+4/p-1. The molecular formula is C12H28ClNSiTi. The van der Waals surface area contributed by atoms with E-state index in [1.165, 1.54) is 45.1 Å². The molecule has 0 N–H and O–H groups in total. The molecule has 0 aliphatic heterocycles. The zero-order chi connectivity index (χ0) is 11.2. The second kappa shape index (κ2) is 11.3. The van der Waals surface area contributed by atoms with Gasteiger partial charge in [0.25, 0.3) is 0 Å². The summed E-state index contributed by atoms with van der Waals surface area (Å²) in [5.74, 6) is 0. The Hall–Kier alpha value is 1.18. The summed E-state index contributed by atoms with van der Waals surface area (Å²) < 4.78 is 0. The summed E-state index contributed by atoms with van der Waals surface area (Å²) in [6, 6.07) is 0.548. The van der Waals surface area contributed by atoms with E-state index in [1.807, 2.05) is 0 Å². The average molecular weight is 298 g/mol. The van der Waals surface area contributed by atoms with Gasteiger partial charge in [0.15, 0.2) is 0 Å². The van der Waals surface area contributed by atoms with Gasteiger partial charge >= 0.3 is 28.7 Å². The van der Waals surface area contributed by atoms with Crippen molar-refractivity contribution in [3.8, 4) is 0 Å². The summed E-state index contributed by atoms with van der Waals surface area (Å²) in [6.07, 6.45) is 5.81. The van der Waals surface area contributed by atoms with E-state index in [0.29, 0.717) is 6.04 Å². The van der Waals surface area contributed by atoms with Gasteiger partial charge in [-0.3, -0.25) is 0 Å². The van der Waals surface area contributed by atoms with Gasteiger partial charge in [0.1, 0.15) is 0 Å². The van der Waals surface area contributed by atoms with Crippen LogP contribution in [0, 0.1) is 14.9 Å². The quantitative estimate of drug-likeness (QED) is 0.482. The molecular weight excluding hydrogens is 270 g/mol. The van der Waals surface area contributed by atoms with Crippen LogP contribution in [0.15, 0.2) is 0 Å². The molecule has 0 radical (unpaired) electrons. The molecule has 0 amide bonds. The molecule has 0 aromatic carbocycles. The number of hydrogen-bond donors (Lipinski definition) is 0. The molecule has 0 aromatic rings. The van der Waals surface area contributed by atoms with Crippen LogP contribution in [-0.4, -0.2) is 14.3 Å². The predicted octanol–water partition coefficient (Wildman–Crippen LogP) is 5.51. The van der Waals surface area contributed by atoms with E-state index in [-0.39, 0.29) is 14.9 Å². The third kappa shape index (κ3) is 8.30. The summed E-state index contributed by atoms with van der Waals surface area (Å²) in [4.78, 5) is 4.93. The van der Waals surface area contributed by atoms with E-state index in [9.17, 15) is 0 Å². The summed E-state index contributed by atoms with van der Waals surface area (Å²) in [5, 5.41) is 0. The Kier molecular flexibility index (Phi) is 15.8. The summed E-state index contributed by atoms with van der Waals surface area (Å²) in [7, 11) is 3.43. The van der Waals surface area contributed by atoms with Crippen LogP contribution in [0.5, 0.6) is 0 Å². The number of halogens is 1. The van der Waals surface area contributed by atoms with Crippen molar-refractivity contribution >= 4 is 17.5 Å². The van der Waals surface area contributed by atoms with Gasteiger partial charge in [-0.05, 0) is 0 Å². The van der Waals surface area contributed by atoms with Gasteiger partial charge in [0.05, 0.1) is 0 Å². The van der Waals surface area contributed by atoms with Crippen LogP contribution >= 0.6 is 9.30 Å². The molecule has 0 bridgehead atoms. The number of rotatable bonds is 3. The molecule has 0 atom stereocenters. The fraction of sp³-hybridized carbons (Fsp3) is 0.833. The maximum atomic E-state index is 4.93. The van der Waals surface area contributed by atoms with Crippen molar-refractivity contribution in [2.75, 3.05) is 0 Å². The third-order valence-electron chi connectivity index (χ3n) is 2.95. The third-order valence-corrected chi connectivity index (χ3v) is 6.70. The van der Waals surface area contributed by atoms with E-state index in [1.54, 1.807) is 0 Å². The van der Waals surface area contributed by atoms with Gasteiger partial charge in [-0.2, -0.15) is 0 Å². The van der Waals surface area contributed by atoms with Gasteiger partial charge < -0.3 is 19.8 Å². The van der Waals surface area contributed by atoms with Crippen molar-refractivity contribution in [1.29, 1.82) is 0 Å². The second-order valence-corrected chi connectivity index (χ2v) is 9.24. The minimum atomic E-state index is -1.21. The summed E-state index contributed by atoms with van der Waals surface area (Å²) >= 11 is 1.47. The van der Waals surface area contributed by atoms with Crippen molar-refractivity contribution in [3.63, 3.8) is 0 Å². The van der Waals surface area contributed by atoms with Crippen LogP contribution in [0.3, 0.4) is 0 Å². The molecule has 1 rings (SSSR count). The Labute approximate surface area is 120 Å².